The van der Waals surface area contributed by atoms with E-state index in [1.807, 2.05) is 54.6 Å². The molecule has 4 heterocycles. The molecule has 1 fully saturated rings. The van der Waals surface area contributed by atoms with Gasteiger partial charge in [-0.2, -0.15) is 0 Å². The van der Waals surface area contributed by atoms with Gasteiger partial charge >= 0.3 is 0 Å². The summed E-state index contributed by atoms with van der Waals surface area (Å²) in [6, 6.07) is 38.5. The van der Waals surface area contributed by atoms with Gasteiger partial charge in [0.05, 0.1) is 44.0 Å². The number of piperazine rings is 1. The molecule has 7 aromatic rings. The number of phenols is 1. The van der Waals surface area contributed by atoms with E-state index in [9.17, 15) is 15.0 Å². The largest absolute Gasteiger partial charge is 0.508 e. The van der Waals surface area contributed by atoms with Crippen molar-refractivity contribution >= 4 is 22.9 Å². The topological polar surface area (TPSA) is 129 Å². The Bertz CT molecular complexity index is 2910. The molecule has 1 saturated heterocycles. The molecule has 2 aliphatic rings. The summed E-state index contributed by atoms with van der Waals surface area (Å²) in [7, 11) is 1.54. The van der Waals surface area contributed by atoms with E-state index in [1.54, 1.807) is 37.5 Å². The molecular formula is C55H53N3O7. The number of nitrogens with zero attached hydrogens (tertiary/aromatic N) is 1. The van der Waals surface area contributed by atoms with Gasteiger partial charge < -0.3 is 44.0 Å². The summed E-state index contributed by atoms with van der Waals surface area (Å²) in [6.45, 7) is 4.73. The molecule has 0 radical (unpaired) electrons. The number of aromatic nitrogens is 1. The normalized spacial score (nSPS) is 16.2. The molecule has 10 nitrogen and oxygen atoms in total. The zero-order valence-corrected chi connectivity index (χ0v) is 36.7. The van der Waals surface area contributed by atoms with E-state index in [1.165, 1.54) is 11.8 Å². The first kappa shape index (κ1) is 43.1. The molecule has 0 spiro atoms. The number of benzene rings is 5. The van der Waals surface area contributed by atoms with Crippen molar-refractivity contribution in [3.8, 4) is 57.3 Å². The first-order chi connectivity index (χ1) is 31.8. The third-order valence-electron chi connectivity index (χ3n) is 12.1. The van der Waals surface area contributed by atoms with Crippen molar-refractivity contribution in [2.45, 2.75) is 50.7 Å². The second-order valence-electron chi connectivity index (χ2n) is 16.5. The number of aliphatic hydroxyl groups is 1. The second-order valence-corrected chi connectivity index (χ2v) is 16.5. The molecule has 330 valence electrons. The van der Waals surface area contributed by atoms with Gasteiger partial charge in [0, 0.05) is 55.4 Å². The molecule has 2 aliphatic heterocycles. The van der Waals surface area contributed by atoms with Gasteiger partial charge in [0.1, 0.15) is 22.7 Å². The summed E-state index contributed by atoms with van der Waals surface area (Å²) in [6.07, 6.45) is 4.93. The van der Waals surface area contributed by atoms with Crippen molar-refractivity contribution in [1.82, 2.24) is 10.3 Å². The lowest BCUT2D eigenvalue weighted by Gasteiger charge is -2.33. The first-order valence-corrected chi connectivity index (χ1v) is 22.4. The Kier molecular flexibility index (Phi) is 13.0. The lowest BCUT2D eigenvalue weighted by molar-refractivity contribution is 0.176. The molecular weight excluding hydrogens is 815 g/mol. The van der Waals surface area contributed by atoms with Gasteiger partial charge in [-0.1, -0.05) is 116 Å². The Labute approximate surface area is 379 Å². The summed E-state index contributed by atoms with van der Waals surface area (Å²) < 4.78 is 26.6. The van der Waals surface area contributed by atoms with Crippen molar-refractivity contribution in [2.24, 2.45) is 0 Å². The SMILES string of the molecule is CCc1cc2c([nH]1)N1CCNC(C#CC(c3c(OCCc4ccccc4)c(OC)c(OCCC(O)C=Cc4ccccc4)c4c(=O)cc(-c5ccc(O)cc5)oc34)Cc3cccc-2c3)C1. The van der Waals surface area contributed by atoms with Crippen LogP contribution in [0.2, 0.25) is 0 Å². The van der Waals surface area contributed by atoms with E-state index in [0.717, 1.165) is 53.1 Å². The highest BCUT2D eigenvalue weighted by atomic mass is 16.5. The molecule has 0 aliphatic carbocycles. The molecule has 9 rings (SSSR count). The monoisotopic (exact) mass is 867 g/mol. The number of methoxy groups -OCH3 is 1. The van der Waals surface area contributed by atoms with Crippen molar-refractivity contribution in [1.29, 1.82) is 0 Å². The van der Waals surface area contributed by atoms with Gasteiger partial charge in [0.25, 0.3) is 0 Å². The van der Waals surface area contributed by atoms with Gasteiger partial charge in [-0.15, -0.1) is 0 Å². The van der Waals surface area contributed by atoms with Gasteiger partial charge in [-0.05, 0) is 65.4 Å². The van der Waals surface area contributed by atoms with Crippen molar-refractivity contribution in [3.05, 3.63) is 166 Å². The summed E-state index contributed by atoms with van der Waals surface area (Å²) in [5.74, 6) is 9.00. The second kappa shape index (κ2) is 19.7. The number of aromatic hydroxyl groups is 1. The third-order valence-corrected chi connectivity index (χ3v) is 12.1. The minimum Gasteiger partial charge on any atom is -0.508 e. The van der Waals surface area contributed by atoms with Crippen LogP contribution >= 0.6 is 0 Å². The van der Waals surface area contributed by atoms with Gasteiger partial charge in [0.15, 0.2) is 22.5 Å². The number of anilines is 1. The Morgan fingerprint density at radius 3 is 2.45 bits per heavy atom. The molecule has 2 aromatic heterocycles. The number of hydrogen-bond acceptors (Lipinski definition) is 9. The molecule has 5 aromatic carbocycles. The van der Waals surface area contributed by atoms with E-state index < -0.39 is 12.0 Å². The molecule has 10 heteroatoms. The number of nitrogens with one attached hydrogen (secondary N) is 2. The summed E-state index contributed by atoms with van der Waals surface area (Å²) in [4.78, 5) is 20.9. The highest BCUT2D eigenvalue weighted by Crippen LogP contribution is 2.50. The van der Waals surface area contributed by atoms with Gasteiger partial charge in [-0.25, -0.2) is 0 Å². The van der Waals surface area contributed by atoms with Gasteiger partial charge in [-0.3, -0.25) is 4.79 Å². The number of aliphatic hydroxyl groups excluding tert-OH is 1. The number of aryl methyl sites for hydroxylation is 1. The van der Waals surface area contributed by atoms with E-state index in [4.69, 9.17) is 18.6 Å². The van der Waals surface area contributed by atoms with E-state index in [0.29, 0.717) is 42.0 Å². The van der Waals surface area contributed by atoms with E-state index in [2.05, 4.69) is 76.4 Å². The Morgan fingerprint density at radius 2 is 1.66 bits per heavy atom. The Morgan fingerprint density at radius 1 is 0.877 bits per heavy atom. The van der Waals surface area contributed by atoms with Crippen LogP contribution in [-0.2, 0) is 19.3 Å². The molecule has 4 bridgehead atoms. The van der Waals surface area contributed by atoms with Crippen molar-refractivity contribution in [2.75, 3.05) is 44.9 Å². The molecule has 3 atom stereocenters. The highest BCUT2D eigenvalue weighted by molar-refractivity contribution is 5.94. The predicted molar refractivity (Wildman–Crippen MR) is 257 cm³/mol. The fourth-order valence-corrected chi connectivity index (χ4v) is 8.71. The maximum absolute atomic E-state index is 14.8. The fraction of sp³-hybridized carbons (Fsp3) is 0.255. The minimum atomic E-state index is -0.826. The van der Waals surface area contributed by atoms with Crippen LogP contribution in [0.15, 0.2) is 137 Å². The lowest BCUT2D eigenvalue weighted by Crippen LogP contribution is -2.50. The third kappa shape index (κ3) is 9.68. The number of fused-ring (bicyclic) bond motifs is 8. The average molecular weight is 868 g/mol. The fourth-order valence-electron chi connectivity index (χ4n) is 8.71. The number of aromatic amines is 1. The smallest absolute Gasteiger partial charge is 0.204 e. The van der Waals surface area contributed by atoms with Crippen LogP contribution in [-0.4, -0.2) is 67.3 Å². The van der Waals surface area contributed by atoms with Crippen molar-refractivity contribution in [3.63, 3.8) is 0 Å². The summed E-state index contributed by atoms with van der Waals surface area (Å²) in [5.41, 5.74) is 7.59. The van der Waals surface area contributed by atoms with Crippen LogP contribution in [0.5, 0.6) is 23.0 Å². The number of ether oxygens (including phenoxy) is 3. The summed E-state index contributed by atoms with van der Waals surface area (Å²) >= 11 is 0. The molecule has 65 heavy (non-hydrogen) atoms. The van der Waals surface area contributed by atoms with Crippen LogP contribution in [0.1, 0.15) is 47.2 Å². The molecule has 4 N–H and O–H groups in total. The maximum atomic E-state index is 14.8. The van der Waals surface area contributed by atoms with Crippen LogP contribution < -0.4 is 29.9 Å². The Hall–Kier alpha value is -7.19. The quantitative estimate of drug-likeness (QED) is 0.0791. The predicted octanol–water partition coefficient (Wildman–Crippen LogP) is 9.32. The van der Waals surface area contributed by atoms with Gasteiger partial charge in [0.2, 0.25) is 5.75 Å². The first-order valence-electron chi connectivity index (χ1n) is 22.4. The highest BCUT2D eigenvalue weighted by Gasteiger charge is 2.32. The average Bonchev–Trinajstić information content (AvgIpc) is 3.78. The number of phenolic OH excluding ortho intramolecular Hbond substituents is 1. The number of hydrogen-bond donors (Lipinski definition) is 4. The Balaban J connectivity index is 1.22. The standard InChI is InChI=1S/C55H53N3O7/c1-3-42-33-46-40-16-10-15-38(31-40)32-41(18-21-43-35-58(28-27-56-43)55(46)57-42)49-51-50(47(61)34-48(65-51)39-19-23-44(59)24-20-39)53(64-30-26-45(60)22-17-36-11-6-4-7-12-36)54(62-2)52(49)63-29-25-37-13-8-5-9-14-37/h4-17,19-20,22-24,31,33-34,41,43,45,56-57,59-60H,3,25-30,32,35H2,1-2H3. The maximum Gasteiger partial charge on any atom is 0.204 e. The van der Waals surface area contributed by atoms with E-state index >= 15 is 0 Å². The van der Waals surface area contributed by atoms with E-state index in [-0.39, 0.29) is 59.3 Å². The number of rotatable bonds is 14. The zero-order valence-electron chi connectivity index (χ0n) is 36.7. The molecule has 3 unspecified atom stereocenters. The minimum absolute atomic E-state index is 0.0501. The molecule has 0 saturated carbocycles. The van der Waals surface area contributed by atoms with Crippen LogP contribution in [0.4, 0.5) is 5.82 Å². The molecule has 0 amide bonds. The summed E-state index contributed by atoms with van der Waals surface area (Å²) in [5, 5.41) is 25.0. The zero-order chi connectivity index (χ0) is 44.7. The van der Waals surface area contributed by atoms with Crippen LogP contribution in [0.25, 0.3) is 39.5 Å². The number of H-pyrrole nitrogens is 1. The lowest BCUT2D eigenvalue weighted by atomic mass is 9.88. The van der Waals surface area contributed by atoms with Crippen LogP contribution in [0.3, 0.4) is 0 Å². The van der Waals surface area contributed by atoms with Crippen LogP contribution in [0, 0.1) is 11.8 Å². The van der Waals surface area contributed by atoms with Crippen molar-refractivity contribution < 1.29 is 28.8 Å².